The summed E-state index contributed by atoms with van der Waals surface area (Å²) in [4.78, 5) is 11.7. The summed E-state index contributed by atoms with van der Waals surface area (Å²) in [5.74, 6) is 1.48. The Morgan fingerprint density at radius 2 is 1.93 bits per heavy atom. The third kappa shape index (κ3) is 5.31. The molecule has 0 atom stereocenters. The largest absolute Gasteiger partial charge is 0.381 e. The summed E-state index contributed by atoms with van der Waals surface area (Å²) < 4.78 is 5.45. The van der Waals surface area contributed by atoms with Crippen molar-refractivity contribution in [3.8, 4) is 0 Å². The number of ether oxygens (including phenoxy) is 1. The zero-order valence-corrected chi connectivity index (χ0v) is 10.1. The van der Waals surface area contributed by atoms with Gasteiger partial charge in [-0.1, -0.05) is 26.7 Å². The molecule has 1 aliphatic rings. The standard InChI is InChI=1S/C13H24O2/c1-11(2)7-9-15-10-8-13(14)12-5-3-4-6-12/h11-12H,3-10H2,1-2H3. The highest BCUT2D eigenvalue weighted by Gasteiger charge is 2.21. The van der Waals surface area contributed by atoms with Crippen molar-refractivity contribution in [1.29, 1.82) is 0 Å². The Bertz CT molecular complexity index is 181. The molecule has 1 rings (SSSR count). The molecule has 0 saturated heterocycles. The van der Waals surface area contributed by atoms with E-state index < -0.39 is 0 Å². The van der Waals surface area contributed by atoms with E-state index in [4.69, 9.17) is 4.74 Å². The van der Waals surface area contributed by atoms with Gasteiger partial charge in [0.2, 0.25) is 0 Å². The molecule has 0 unspecified atom stereocenters. The fourth-order valence-electron chi connectivity index (χ4n) is 2.05. The van der Waals surface area contributed by atoms with Crippen LogP contribution in [0, 0.1) is 11.8 Å². The average molecular weight is 212 g/mol. The molecular formula is C13H24O2. The van der Waals surface area contributed by atoms with Crippen LogP contribution >= 0.6 is 0 Å². The predicted octanol–water partition coefficient (Wildman–Crippen LogP) is 3.20. The molecule has 15 heavy (non-hydrogen) atoms. The number of rotatable bonds is 7. The third-order valence-corrected chi connectivity index (χ3v) is 3.14. The van der Waals surface area contributed by atoms with Gasteiger partial charge in [0.25, 0.3) is 0 Å². The van der Waals surface area contributed by atoms with Crippen molar-refractivity contribution in [3.05, 3.63) is 0 Å². The molecule has 0 heterocycles. The number of carbonyl (C=O) groups excluding carboxylic acids is 1. The van der Waals surface area contributed by atoms with Crippen molar-refractivity contribution in [3.63, 3.8) is 0 Å². The van der Waals surface area contributed by atoms with Gasteiger partial charge in [-0.05, 0) is 25.2 Å². The van der Waals surface area contributed by atoms with Crippen LogP contribution in [0.3, 0.4) is 0 Å². The van der Waals surface area contributed by atoms with Gasteiger partial charge in [0.1, 0.15) is 5.78 Å². The molecule has 2 heteroatoms. The van der Waals surface area contributed by atoms with Gasteiger partial charge >= 0.3 is 0 Å². The number of hydrogen-bond donors (Lipinski definition) is 0. The van der Waals surface area contributed by atoms with Crippen LogP contribution in [0.4, 0.5) is 0 Å². The maximum atomic E-state index is 11.7. The van der Waals surface area contributed by atoms with E-state index in [1.54, 1.807) is 0 Å². The van der Waals surface area contributed by atoms with Gasteiger partial charge in [-0.25, -0.2) is 0 Å². The summed E-state index contributed by atoms with van der Waals surface area (Å²) in [5.41, 5.74) is 0. The summed E-state index contributed by atoms with van der Waals surface area (Å²) in [6, 6.07) is 0. The van der Waals surface area contributed by atoms with E-state index in [-0.39, 0.29) is 0 Å². The molecule has 0 aromatic carbocycles. The lowest BCUT2D eigenvalue weighted by atomic mass is 10.0. The molecule has 1 aliphatic carbocycles. The van der Waals surface area contributed by atoms with Crippen molar-refractivity contribution in [1.82, 2.24) is 0 Å². The summed E-state index contributed by atoms with van der Waals surface area (Å²) in [6.07, 6.45) is 6.44. The Labute approximate surface area is 93.4 Å². The lowest BCUT2D eigenvalue weighted by Gasteiger charge is -2.09. The third-order valence-electron chi connectivity index (χ3n) is 3.14. The Morgan fingerprint density at radius 1 is 1.27 bits per heavy atom. The van der Waals surface area contributed by atoms with Crippen LogP contribution in [0.25, 0.3) is 0 Å². The van der Waals surface area contributed by atoms with E-state index in [0.29, 0.717) is 30.6 Å². The maximum absolute atomic E-state index is 11.7. The molecule has 0 spiro atoms. The van der Waals surface area contributed by atoms with Crippen LogP contribution in [0.5, 0.6) is 0 Å². The Balaban J connectivity index is 1.97. The molecule has 88 valence electrons. The van der Waals surface area contributed by atoms with E-state index in [2.05, 4.69) is 13.8 Å². The predicted molar refractivity (Wildman–Crippen MR) is 61.9 cm³/mol. The second kappa shape index (κ2) is 7.00. The molecule has 0 amide bonds. The fraction of sp³-hybridized carbons (Fsp3) is 0.923. The van der Waals surface area contributed by atoms with E-state index in [1.807, 2.05) is 0 Å². The minimum absolute atomic E-state index is 0.360. The molecule has 0 radical (unpaired) electrons. The van der Waals surface area contributed by atoms with Gasteiger partial charge < -0.3 is 4.74 Å². The van der Waals surface area contributed by atoms with E-state index >= 15 is 0 Å². The van der Waals surface area contributed by atoms with Crippen LogP contribution in [-0.4, -0.2) is 19.0 Å². The van der Waals surface area contributed by atoms with Gasteiger partial charge in [0, 0.05) is 18.9 Å². The van der Waals surface area contributed by atoms with Crippen molar-refractivity contribution >= 4 is 5.78 Å². The van der Waals surface area contributed by atoms with Gasteiger partial charge in [-0.2, -0.15) is 0 Å². The van der Waals surface area contributed by atoms with Gasteiger partial charge in [-0.3, -0.25) is 4.79 Å². The van der Waals surface area contributed by atoms with Crippen LogP contribution < -0.4 is 0 Å². The van der Waals surface area contributed by atoms with Crippen molar-refractivity contribution in [2.24, 2.45) is 11.8 Å². The number of hydrogen-bond acceptors (Lipinski definition) is 2. The maximum Gasteiger partial charge on any atom is 0.138 e. The quantitative estimate of drug-likeness (QED) is 0.606. The number of Topliss-reactive ketones (excluding diaryl/α,β-unsaturated/α-hetero) is 1. The molecule has 1 saturated carbocycles. The summed E-state index contributed by atoms with van der Waals surface area (Å²) in [5, 5.41) is 0. The van der Waals surface area contributed by atoms with Crippen LogP contribution in [-0.2, 0) is 9.53 Å². The average Bonchev–Trinajstić information content (AvgIpc) is 2.69. The lowest BCUT2D eigenvalue weighted by molar-refractivity contribution is -0.123. The second-order valence-electron chi connectivity index (χ2n) is 4.99. The fourth-order valence-corrected chi connectivity index (χ4v) is 2.05. The molecule has 0 aromatic rings. The first kappa shape index (κ1) is 12.7. The molecule has 2 nitrogen and oxygen atoms in total. The summed E-state index contributed by atoms with van der Waals surface area (Å²) in [7, 11) is 0. The van der Waals surface area contributed by atoms with Crippen LogP contribution in [0.1, 0.15) is 52.4 Å². The zero-order valence-electron chi connectivity index (χ0n) is 10.1. The van der Waals surface area contributed by atoms with E-state index in [1.165, 1.54) is 12.8 Å². The van der Waals surface area contributed by atoms with Crippen molar-refractivity contribution in [2.75, 3.05) is 13.2 Å². The van der Waals surface area contributed by atoms with Gasteiger partial charge in [-0.15, -0.1) is 0 Å². The molecule has 0 N–H and O–H groups in total. The smallest absolute Gasteiger partial charge is 0.138 e. The van der Waals surface area contributed by atoms with Crippen LogP contribution in [0.15, 0.2) is 0 Å². The summed E-state index contributed by atoms with van der Waals surface area (Å²) >= 11 is 0. The molecular weight excluding hydrogens is 188 g/mol. The molecule has 1 fully saturated rings. The van der Waals surface area contributed by atoms with Gasteiger partial charge in [0.15, 0.2) is 0 Å². The SMILES string of the molecule is CC(C)CCOCCC(=O)C1CCCC1. The normalized spacial score (nSPS) is 17.5. The Kier molecular flexibility index (Phi) is 5.92. The van der Waals surface area contributed by atoms with Crippen LogP contribution in [0.2, 0.25) is 0 Å². The summed E-state index contributed by atoms with van der Waals surface area (Å²) in [6.45, 7) is 5.80. The van der Waals surface area contributed by atoms with E-state index in [0.717, 1.165) is 25.9 Å². The highest BCUT2D eigenvalue weighted by molar-refractivity contribution is 5.81. The highest BCUT2D eigenvalue weighted by Crippen LogP contribution is 2.26. The Hall–Kier alpha value is -0.370. The molecule has 0 aromatic heterocycles. The number of carbonyl (C=O) groups is 1. The first-order chi connectivity index (χ1) is 7.20. The molecule has 0 bridgehead atoms. The van der Waals surface area contributed by atoms with E-state index in [9.17, 15) is 4.79 Å². The lowest BCUT2D eigenvalue weighted by Crippen LogP contribution is -2.13. The first-order valence-corrected chi connectivity index (χ1v) is 6.30. The highest BCUT2D eigenvalue weighted by atomic mass is 16.5. The number of ketones is 1. The minimum atomic E-state index is 0.360. The van der Waals surface area contributed by atoms with Crippen molar-refractivity contribution < 1.29 is 9.53 Å². The van der Waals surface area contributed by atoms with Gasteiger partial charge in [0.05, 0.1) is 6.61 Å². The first-order valence-electron chi connectivity index (χ1n) is 6.30. The minimum Gasteiger partial charge on any atom is -0.381 e. The Morgan fingerprint density at radius 3 is 2.53 bits per heavy atom. The zero-order chi connectivity index (χ0) is 11.1. The monoisotopic (exact) mass is 212 g/mol. The topological polar surface area (TPSA) is 26.3 Å². The van der Waals surface area contributed by atoms with Crippen molar-refractivity contribution in [2.45, 2.75) is 52.4 Å². The molecule has 0 aliphatic heterocycles. The second-order valence-corrected chi connectivity index (χ2v) is 4.99.